The molecular weight excluding hydrogens is 228 g/mol. The molecule has 0 atom stereocenters. The van der Waals surface area contributed by atoms with E-state index in [0.717, 1.165) is 0 Å². The number of nitrogens with zero attached hydrogens (tertiary/aromatic N) is 4. The Hall–Kier alpha value is -1.98. The summed E-state index contributed by atoms with van der Waals surface area (Å²) in [5, 5.41) is 8.90. The highest BCUT2D eigenvalue weighted by Gasteiger charge is 2.17. The van der Waals surface area contributed by atoms with E-state index in [-0.39, 0.29) is 12.1 Å². The van der Waals surface area contributed by atoms with Crippen molar-refractivity contribution in [2.75, 3.05) is 11.5 Å². The number of anilines is 2. The van der Waals surface area contributed by atoms with Crippen LogP contribution in [0.15, 0.2) is 12.4 Å². The van der Waals surface area contributed by atoms with Gasteiger partial charge in [-0.05, 0) is 27.7 Å². The number of hydrogen-bond donors (Lipinski definition) is 2. The standard InChI is InChI=1S/C12H20N6/c1-7(2)17-5-9(13)11(15-17)12-10(14)6-18(16-12)8(3)4/h5-8H,13-14H2,1-4H3. The fourth-order valence-corrected chi connectivity index (χ4v) is 1.71. The zero-order valence-electron chi connectivity index (χ0n) is 11.3. The van der Waals surface area contributed by atoms with Crippen LogP contribution in [-0.2, 0) is 0 Å². The molecule has 0 aromatic carbocycles. The minimum atomic E-state index is 0.259. The van der Waals surface area contributed by atoms with Gasteiger partial charge in [0.05, 0.1) is 11.4 Å². The largest absolute Gasteiger partial charge is 0.396 e. The average molecular weight is 248 g/mol. The van der Waals surface area contributed by atoms with E-state index in [2.05, 4.69) is 10.2 Å². The monoisotopic (exact) mass is 248 g/mol. The molecule has 0 aliphatic carbocycles. The van der Waals surface area contributed by atoms with Crippen LogP contribution in [-0.4, -0.2) is 19.6 Å². The van der Waals surface area contributed by atoms with Crippen molar-refractivity contribution in [1.82, 2.24) is 19.6 Å². The van der Waals surface area contributed by atoms with Crippen molar-refractivity contribution in [2.45, 2.75) is 39.8 Å². The van der Waals surface area contributed by atoms with Gasteiger partial charge in [-0.1, -0.05) is 0 Å². The summed E-state index contributed by atoms with van der Waals surface area (Å²) < 4.78 is 3.64. The van der Waals surface area contributed by atoms with Crippen LogP contribution >= 0.6 is 0 Å². The summed E-state index contributed by atoms with van der Waals surface area (Å²) in [6.07, 6.45) is 3.63. The summed E-state index contributed by atoms with van der Waals surface area (Å²) in [5.41, 5.74) is 14.5. The van der Waals surface area contributed by atoms with E-state index < -0.39 is 0 Å². The first-order chi connectivity index (χ1) is 8.40. The molecule has 2 aromatic rings. The zero-order chi connectivity index (χ0) is 13.4. The fraction of sp³-hybridized carbons (Fsp3) is 0.500. The molecule has 6 heteroatoms. The van der Waals surface area contributed by atoms with E-state index in [1.807, 2.05) is 49.5 Å². The van der Waals surface area contributed by atoms with Crippen molar-refractivity contribution in [2.24, 2.45) is 0 Å². The Labute approximate surface area is 107 Å². The van der Waals surface area contributed by atoms with Crippen LogP contribution in [0.3, 0.4) is 0 Å². The normalized spacial score (nSPS) is 11.7. The molecule has 4 N–H and O–H groups in total. The second-order valence-corrected chi connectivity index (χ2v) is 5.01. The number of aromatic nitrogens is 4. The van der Waals surface area contributed by atoms with Gasteiger partial charge in [0.1, 0.15) is 11.4 Å². The van der Waals surface area contributed by atoms with Gasteiger partial charge >= 0.3 is 0 Å². The van der Waals surface area contributed by atoms with E-state index in [1.165, 1.54) is 0 Å². The Bertz CT molecular complexity index is 499. The van der Waals surface area contributed by atoms with E-state index in [9.17, 15) is 0 Å². The highest BCUT2D eigenvalue weighted by atomic mass is 15.3. The van der Waals surface area contributed by atoms with Gasteiger partial charge in [0.15, 0.2) is 0 Å². The maximum atomic E-state index is 5.98. The predicted molar refractivity (Wildman–Crippen MR) is 73.0 cm³/mol. The lowest BCUT2D eigenvalue weighted by atomic mass is 10.2. The summed E-state index contributed by atoms with van der Waals surface area (Å²) in [5.74, 6) is 0. The van der Waals surface area contributed by atoms with Crippen molar-refractivity contribution in [3.8, 4) is 11.4 Å². The highest BCUT2D eigenvalue weighted by Crippen LogP contribution is 2.29. The molecule has 0 aliphatic heterocycles. The van der Waals surface area contributed by atoms with Gasteiger partial charge in [-0.15, -0.1) is 0 Å². The van der Waals surface area contributed by atoms with E-state index in [1.54, 1.807) is 0 Å². The molecule has 6 nitrogen and oxygen atoms in total. The summed E-state index contributed by atoms with van der Waals surface area (Å²) in [6.45, 7) is 8.19. The minimum absolute atomic E-state index is 0.259. The van der Waals surface area contributed by atoms with E-state index in [4.69, 9.17) is 11.5 Å². The first-order valence-corrected chi connectivity index (χ1v) is 6.09. The van der Waals surface area contributed by atoms with Crippen molar-refractivity contribution < 1.29 is 0 Å². The molecule has 0 fully saturated rings. The van der Waals surface area contributed by atoms with Crippen LogP contribution < -0.4 is 11.5 Å². The van der Waals surface area contributed by atoms with Gasteiger partial charge in [-0.2, -0.15) is 10.2 Å². The summed E-state index contributed by atoms with van der Waals surface area (Å²) in [7, 11) is 0. The first kappa shape index (κ1) is 12.5. The molecule has 0 radical (unpaired) electrons. The van der Waals surface area contributed by atoms with Crippen LogP contribution in [0.2, 0.25) is 0 Å². The molecule has 2 heterocycles. The number of nitrogens with two attached hydrogens (primary N) is 2. The number of nitrogen functional groups attached to an aromatic ring is 2. The van der Waals surface area contributed by atoms with Crippen molar-refractivity contribution in [3.05, 3.63) is 12.4 Å². The van der Waals surface area contributed by atoms with Crippen molar-refractivity contribution >= 4 is 11.4 Å². The quantitative estimate of drug-likeness (QED) is 0.870. The van der Waals surface area contributed by atoms with Crippen LogP contribution in [0, 0.1) is 0 Å². The van der Waals surface area contributed by atoms with Gasteiger partial charge in [0.2, 0.25) is 0 Å². The molecule has 0 unspecified atom stereocenters. The van der Waals surface area contributed by atoms with Crippen LogP contribution in [0.4, 0.5) is 11.4 Å². The maximum absolute atomic E-state index is 5.98. The van der Waals surface area contributed by atoms with E-state index in [0.29, 0.717) is 22.8 Å². The Balaban J connectivity index is 2.48. The highest BCUT2D eigenvalue weighted by molar-refractivity contribution is 5.77. The second-order valence-electron chi connectivity index (χ2n) is 5.01. The Morgan fingerprint density at radius 1 is 0.833 bits per heavy atom. The van der Waals surface area contributed by atoms with Gasteiger partial charge in [0, 0.05) is 24.5 Å². The van der Waals surface area contributed by atoms with Crippen LogP contribution in [0.5, 0.6) is 0 Å². The molecule has 0 amide bonds. The topological polar surface area (TPSA) is 87.7 Å². The van der Waals surface area contributed by atoms with Crippen LogP contribution in [0.25, 0.3) is 11.4 Å². The van der Waals surface area contributed by atoms with E-state index >= 15 is 0 Å². The molecule has 0 saturated carbocycles. The third-order valence-electron chi connectivity index (χ3n) is 2.80. The molecule has 2 aromatic heterocycles. The summed E-state index contributed by atoms with van der Waals surface area (Å²) in [4.78, 5) is 0. The molecule has 18 heavy (non-hydrogen) atoms. The number of rotatable bonds is 3. The lowest BCUT2D eigenvalue weighted by Gasteiger charge is -2.03. The zero-order valence-corrected chi connectivity index (χ0v) is 11.3. The molecule has 0 spiro atoms. The van der Waals surface area contributed by atoms with Gasteiger partial charge in [-0.3, -0.25) is 9.36 Å². The Kier molecular flexibility index (Phi) is 3.02. The van der Waals surface area contributed by atoms with Gasteiger partial charge < -0.3 is 11.5 Å². The SMILES string of the molecule is CC(C)n1cc(N)c(-c2nn(C(C)C)cc2N)n1. The van der Waals surface area contributed by atoms with Crippen LogP contribution in [0.1, 0.15) is 39.8 Å². The smallest absolute Gasteiger partial charge is 0.138 e. The average Bonchev–Trinajstić information content (AvgIpc) is 2.82. The van der Waals surface area contributed by atoms with Gasteiger partial charge in [0.25, 0.3) is 0 Å². The third kappa shape index (κ3) is 2.05. The molecule has 0 saturated heterocycles. The predicted octanol–water partition coefficient (Wildman–Crippen LogP) is 2.07. The maximum Gasteiger partial charge on any atom is 0.138 e. The lowest BCUT2D eigenvalue weighted by molar-refractivity contribution is 0.528. The molecular formula is C12H20N6. The number of hydrogen-bond acceptors (Lipinski definition) is 4. The molecule has 2 rings (SSSR count). The fourth-order valence-electron chi connectivity index (χ4n) is 1.71. The summed E-state index contributed by atoms with van der Waals surface area (Å²) in [6, 6.07) is 0.518. The Morgan fingerprint density at radius 2 is 1.17 bits per heavy atom. The third-order valence-corrected chi connectivity index (χ3v) is 2.80. The second kappa shape index (κ2) is 4.36. The minimum Gasteiger partial charge on any atom is -0.396 e. The van der Waals surface area contributed by atoms with Crippen molar-refractivity contribution in [3.63, 3.8) is 0 Å². The first-order valence-electron chi connectivity index (χ1n) is 6.09. The lowest BCUT2D eigenvalue weighted by Crippen LogP contribution is -2.02. The van der Waals surface area contributed by atoms with Gasteiger partial charge in [-0.25, -0.2) is 0 Å². The van der Waals surface area contributed by atoms with Crippen molar-refractivity contribution in [1.29, 1.82) is 0 Å². The molecule has 0 aliphatic rings. The Morgan fingerprint density at radius 3 is 1.39 bits per heavy atom. The summed E-state index contributed by atoms with van der Waals surface area (Å²) >= 11 is 0. The molecule has 0 bridgehead atoms. The molecule has 98 valence electrons.